The molecule has 8 heteroatoms. The molecule has 2 atom stereocenters. The Labute approximate surface area is 129 Å². The van der Waals surface area contributed by atoms with Gasteiger partial charge in [-0.05, 0) is 26.7 Å². The molecule has 0 saturated carbocycles. The molecule has 0 aromatic heterocycles. The van der Waals surface area contributed by atoms with Crippen LogP contribution in [0.2, 0.25) is 0 Å². The standard InChI is InChI=1S/C14H24N2O6/c1-9(17)7-5-3-4-6-8-11(19)15-16-14(22)13(21)12(20)10(2)18/h12-13,20-21H,3-8H2,1-2H3,(H,15,19)(H,16,22)/t12-,13+/m0/s1. The molecule has 2 amide bonds. The van der Waals surface area contributed by atoms with Gasteiger partial charge in [-0.15, -0.1) is 0 Å². The highest BCUT2D eigenvalue weighted by Gasteiger charge is 2.27. The summed E-state index contributed by atoms with van der Waals surface area (Å²) in [5.74, 6) is -2.10. The average molecular weight is 316 g/mol. The summed E-state index contributed by atoms with van der Waals surface area (Å²) in [5, 5.41) is 18.5. The molecule has 0 aromatic carbocycles. The van der Waals surface area contributed by atoms with Crippen molar-refractivity contribution in [2.45, 2.75) is 64.6 Å². The molecule has 0 aromatic rings. The number of ketones is 2. The van der Waals surface area contributed by atoms with E-state index in [0.717, 1.165) is 26.2 Å². The zero-order chi connectivity index (χ0) is 17.1. The first-order valence-corrected chi connectivity index (χ1v) is 7.20. The van der Waals surface area contributed by atoms with E-state index in [1.807, 2.05) is 5.43 Å². The Bertz CT molecular complexity index is 410. The quantitative estimate of drug-likeness (QED) is 0.313. The Balaban J connectivity index is 3.78. The van der Waals surface area contributed by atoms with E-state index in [9.17, 15) is 29.4 Å². The van der Waals surface area contributed by atoms with E-state index in [2.05, 4.69) is 5.43 Å². The summed E-state index contributed by atoms with van der Waals surface area (Å²) >= 11 is 0. The maximum atomic E-state index is 11.4. The first-order chi connectivity index (χ1) is 10.3. The van der Waals surface area contributed by atoms with E-state index in [1.165, 1.54) is 6.92 Å². The second-order valence-electron chi connectivity index (χ2n) is 5.15. The molecule has 0 rings (SSSR count). The number of unbranched alkanes of at least 4 members (excludes halogenated alkanes) is 3. The lowest BCUT2D eigenvalue weighted by Crippen LogP contribution is -2.51. The Morgan fingerprint density at radius 2 is 1.36 bits per heavy atom. The van der Waals surface area contributed by atoms with Gasteiger partial charge in [0.05, 0.1) is 0 Å². The van der Waals surface area contributed by atoms with Gasteiger partial charge in [-0.2, -0.15) is 0 Å². The fraction of sp³-hybridized carbons (Fsp3) is 0.714. The first kappa shape index (κ1) is 20.2. The van der Waals surface area contributed by atoms with Crippen LogP contribution in [-0.2, 0) is 19.2 Å². The number of aliphatic hydroxyl groups is 2. The SMILES string of the molecule is CC(=O)CCCCCCC(=O)NNC(=O)[C@H](O)[C@@H](O)C(C)=O. The Kier molecular flexibility index (Phi) is 9.97. The summed E-state index contributed by atoms with van der Waals surface area (Å²) < 4.78 is 0. The van der Waals surface area contributed by atoms with Gasteiger partial charge in [0.1, 0.15) is 11.9 Å². The fourth-order valence-corrected chi connectivity index (χ4v) is 1.65. The van der Waals surface area contributed by atoms with Gasteiger partial charge < -0.3 is 15.0 Å². The minimum absolute atomic E-state index is 0.145. The molecule has 4 N–H and O–H groups in total. The van der Waals surface area contributed by atoms with E-state index in [-0.39, 0.29) is 12.2 Å². The van der Waals surface area contributed by atoms with Crippen molar-refractivity contribution in [2.24, 2.45) is 0 Å². The molecule has 0 saturated heterocycles. The van der Waals surface area contributed by atoms with Crippen molar-refractivity contribution in [1.82, 2.24) is 10.9 Å². The topological polar surface area (TPSA) is 133 Å². The number of hydrazine groups is 1. The van der Waals surface area contributed by atoms with Crippen molar-refractivity contribution < 1.29 is 29.4 Å². The number of aliphatic hydroxyl groups excluding tert-OH is 2. The zero-order valence-corrected chi connectivity index (χ0v) is 12.9. The number of hydrogen-bond acceptors (Lipinski definition) is 6. The summed E-state index contributed by atoms with van der Waals surface area (Å²) in [6, 6.07) is 0. The number of Topliss-reactive ketones (excluding diaryl/α,β-unsaturated/α-hetero) is 2. The lowest BCUT2D eigenvalue weighted by Gasteiger charge is -2.15. The van der Waals surface area contributed by atoms with Gasteiger partial charge in [0, 0.05) is 12.8 Å². The molecule has 8 nitrogen and oxygen atoms in total. The van der Waals surface area contributed by atoms with Crippen LogP contribution in [0.4, 0.5) is 0 Å². The van der Waals surface area contributed by atoms with E-state index >= 15 is 0 Å². The molecule has 0 unspecified atom stereocenters. The van der Waals surface area contributed by atoms with Gasteiger partial charge >= 0.3 is 0 Å². The number of carbonyl (C=O) groups excluding carboxylic acids is 4. The summed E-state index contributed by atoms with van der Waals surface area (Å²) in [4.78, 5) is 44.3. The van der Waals surface area contributed by atoms with Gasteiger partial charge in [0.15, 0.2) is 11.9 Å². The van der Waals surface area contributed by atoms with Gasteiger partial charge in [-0.25, -0.2) is 0 Å². The third-order valence-electron chi connectivity index (χ3n) is 2.99. The third-order valence-corrected chi connectivity index (χ3v) is 2.99. The molecule has 0 aliphatic heterocycles. The third kappa shape index (κ3) is 9.19. The number of nitrogens with one attached hydrogen (secondary N) is 2. The maximum Gasteiger partial charge on any atom is 0.270 e. The lowest BCUT2D eigenvalue weighted by atomic mass is 10.1. The van der Waals surface area contributed by atoms with Gasteiger partial charge in [0.25, 0.3) is 5.91 Å². The van der Waals surface area contributed by atoms with Crippen LogP contribution < -0.4 is 10.9 Å². The van der Waals surface area contributed by atoms with Crippen LogP contribution >= 0.6 is 0 Å². The first-order valence-electron chi connectivity index (χ1n) is 7.20. The molecule has 0 bridgehead atoms. The van der Waals surface area contributed by atoms with Crippen molar-refractivity contribution >= 4 is 23.4 Å². The van der Waals surface area contributed by atoms with Crippen LogP contribution in [-0.4, -0.2) is 45.8 Å². The van der Waals surface area contributed by atoms with Crippen LogP contribution in [0.25, 0.3) is 0 Å². The predicted octanol–water partition coefficient (Wildman–Crippen LogP) is -0.626. The lowest BCUT2D eigenvalue weighted by molar-refractivity contribution is -0.145. The number of rotatable bonds is 10. The number of amides is 2. The molecular formula is C14H24N2O6. The largest absolute Gasteiger partial charge is 0.382 e. The smallest absolute Gasteiger partial charge is 0.270 e. The van der Waals surface area contributed by atoms with Crippen LogP contribution in [0.15, 0.2) is 0 Å². The fourth-order valence-electron chi connectivity index (χ4n) is 1.65. The van der Waals surface area contributed by atoms with Crippen molar-refractivity contribution in [3.63, 3.8) is 0 Å². The zero-order valence-electron chi connectivity index (χ0n) is 12.9. The van der Waals surface area contributed by atoms with Crippen molar-refractivity contribution in [1.29, 1.82) is 0 Å². The van der Waals surface area contributed by atoms with E-state index < -0.39 is 29.8 Å². The molecule has 22 heavy (non-hydrogen) atoms. The molecular weight excluding hydrogens is 292 g/mol. The van der Waals surface area contributed by atoms with Gasteiger partial charge in [-0.3, -0.25) is 25.2 Å². The summed E-state index contributed by atoms with van der Waals surface area (Å²) in [6.07, 6.45) is 0.0246. The molecule has 0 aliphatic rings. The highest BCUT2D eigenvalue weighted by Crippen LogP contribution is 2.05. The Morgan fingerprint density at radius 1 is 0.818 bits per heavy atom. The monoisotopic (exact) mass is 316 g/mol. The Hall–Kier alpha value is -1.80. The minimum atomic E-state index is -1.93. The highest BCUT2D eigenvalue weighted by molar-refractivity contribution is 5.91. The highest BCUT2D eigenvalue weighted by atomic mass is 16.3. The van der Waals surface area contributed by atoms with Gasteiger partial charge in [0.2, 0.25) is 5.91 Å². The number of hydrogen-bond donors (Lipinski definition) is 4. The van der Waals surface area contributed by atoms with Crippen LogP contribution in [0.3, 0.4) is 0 Å². The van der Waals surface area contributed by atoms with E-state index in [0.29, 0.717) is 12.8 Å². The molecule has 0 heterocycles. The van der Waals surface area contributed by atoms with Crippen LogP contribution in [0, 0.1) is 0 Å². The Morgan fingerprint density at radius 3 is 1.86 bits per heavy atom. The van der Waals surface area contributed by atoms with E-state index in [1.54, 1.807) is 0 Å². The predicted molar refractivity (Wildman–Crippen MR) is 77.4 cm³/mol. The van der Waals surface area contributed by atoms with Crippen LogP contribution in [0.1, 0.15) is 52.4 Å². The maximum absolute atomic E-state index is 11.4. The molecule has 0 fully saturated rings. The molecule has 0 radical (unpaired) electrons. The van der Waals surface area contributed by atoms with Crippen molar-refractivity contribution in [3.8, 4) is 0 Å². The molecule has 0 aliphatic carbocycles. The summed E-state index contributed by atoms with van der Waals surface area (Å²) in [5.41, 5.74) is 4.03. The molecule has 0 spiro atoms. The van der Waals surface area contributed by atoms with Gasteiger partial charge in [-0.1, -0.05) is 12.8 Å². The summed E-state index contributed by atoms with van der Waals surface area (Å²) in [6.45, 7) is 2.57. The van der Waals surface area contributed by atoms with E-state index in [4.69, 9.17) is 0 Å². The van der Waals surface area contributed by atoms with Crippen molar-refractivity contribution in [2.75, 3.05) is 0 Å². The second-order valence-corrected chi connectivity index (χ2v) is 5.15. The normalized spacial score (nSPS) is 13.1. The minimum Gasteiger partial charge on any atom is -0.382 e. The number of carbonyl (C=O) groups is 4. The van der Waals surface area contributed by atoms with Crippen LogP contribution in [0.5, 0.6) is 0 Å². The summed E-state index contributed by atoms with van der Waals surface area (Å²) in [7, 11) is 0. The second kappa shape index (κ2) is 10.9. The van der Waals surface area contributed by atoms with Crippen molar-refractivity contribution in [3.05, 3.63) is 0 Å². The average Bonchev–Trinajstić information content (AvgIpc) is 2.46. The molecule has 126 valence electrons.